The summed E-state index contributed by atoms with van der Waals surface area (Å²) in [5.41, 5.74) is 0. The summed E-state index contributed by atoms with van der Waals surface area (Å²) in [6.07, 6.45) is 12.4. The third kappa shape index (κ3) is 0.689. The monoisotopic (exact) mass is 120 g/mol. The van der Waals surface area contributed by atoms with E-state index in [0.29, 0.717) is 5.92 Å². The van der Waals surface area contributed by atoms with Gasteiger partial charge in [0.1, 0.15) is 6.10 Å². The molecule has 2 aliphatic rings. The fourth-order valence-electron chi connectivity index (χ4n) is 1.14. The Kier molecular flexibility index (Phi) is 0.950. The molecule has 2 rings (SSSR count). The van der Waals surface area contributed by atoms with Gasteiger partial charge in [0.15, 0.2) is 0 Å². The van der Waals surface area contributed by atoms with Crippen LogP contribution >= 0.6 is 0 Å². The highest BCUT2D eigenvalue weighted by atomic mass is 16.5. The second-order valence-corrected chi connectivity index (χ2v) is 2.28. The van der Waals surface area contributed by atoms with Gasteiger partial charge in [-0.25, -0.2) is 0 Å². The number of fused-ring (bicyclic) bond motifs is 1. The van der Waals surface area contributed by atoms with Gasteiger partial charge in [0.05, 0.1) is 6.26 Å². The van der Waals surface area contributed by atoms with Crippen LogP contribution in [0.5, 0.6) is 0 Å². The van der Waals surface area contributed by atoms with Crippen molar-refractivity contribution in [2.75, 3.05) is 0 Å². The fourth-order valence-corrected chi connectivity index (χ4v) is 1.14. The van der Waals surface area contributed by atoms with Crippen LogP contribution in [0.3, 0.4) is 0 Å². The summed E-state index contributed by atoms with van der Waals surface area (Å²) < 4.78 is 5.24. The van der Waals surface area contributed by atoms with Gasteiger partial charge in [0.25, 0.3) is 0 Å². The molecule has 46 valence electrons. The molecule has 1 aliphatic carbocycles. The second-order valence-electron chi connectivity index (χ2n) is 2.28. The molecule has 0 bridgehead atoms. The molecule has 0 N–H and O–H groups in total. The molecule has 2 unspecified atom stereocenters. The third-order valence-corrected chi connectivity index (χ3v) is 1.66. The van der Waals surface area contributed by atoms with Gasteiger partial charge in [-0.3, -0.25) is 0 Å². The highest BCUT2D eigenvalue weighted by Crippen LogP contribution is 2.22. The van der Waals surface area contributed by atoms with Crippen molar-refractivity contribution < 1.29 is 4.74 Å². The minimum absolute atomic E-state index is 0.287. The SMILES string of the molecule is C1=CC2C=COC2C=C1. The van der Waals surface area contributed by atoms with Gasteiger partial charge < -0.3 is 4.74 Å². The molecule has 0 fully saturated rings. The van der Waals surface area contributed by atoms with E-state index in [0.717, 1.165) is 0 Å². The van der Waals surface area contributed by atoms with Crippen molar-refractivity contribution in [1.29, 1.82) is 0 Å². The molecule has 0 aromatic carbocycles. The second kappa shape index (κ2) is 1.76. The predicted molar refractivity (Wildman–Crippen MR) is 35.8 cm³/mol. The van der Waals surface area contributed by atoms with Gasteiger partial charge in [0, 0.05) is 5.92 Å². The van der Waals surface area contributed by atoms with Gasteiger partial charge in [0.2, 0.25) is 0 Å². The van der Waals surface area contributed by atoms with Crippen LogP contribution in [0.15, 0.2) is 36.6 Å². The van der Waals surface area contributed by atoms with Crippen molar-refractivity contribution in [2.45, 2.75) is 6.10 Å². The lowest BCUT2D eigenvalue weighted by Crippen LogP contribution is -2.12. The van der Waals surface area contributed by atoms with Crippen LogP contribution in [0.1, 0.15) is 0 Å². The first kappa shape index (κ1) is 4.86. The van der Waals surface area contributed by atoms with E-state index in [1.807, 2.05) is 6.08 Å². The van der Waals surface area contributed by atoms with Crippen LogP contribution in [-0.4, -0.2) is 6.10 Å². The molecule has 0 saturated heterocycles. The van der Waals surface area contributed by atoms with Gasteiger partial charge in [-0.15, -0.1) is 0 Å². The Morgan fingerprint density at radius 3 is 2.78 bits per heavy atom. The number of hydrogen-bond donors (Lipinski definition) is 0. The zero-order valence-electron chi connectivity index (χ0n) is 5.03. The summed E-state index contributed by atoms with van der Waals surface area (Å²) in [6, 6.07) is 0. The smallest absolute Gasteiger partial charge is 0.126 e. The Morgan fingerprint density at radius 2 is 1.89 bits per heavy atom. The minimum atomic E-state index is 0.287. The van der Waals surface area contributed by atoms with Crippen molar-refractivity contribution >= 4 is 0 Å². The lowest BCUT2D eigenvalue weighted by atomic mass is 10.00. The zero-order valence-corrected chi connectivity index (χ0v) is 5.03. The van der Waals surface area contributed by atoms with Gasteiger partial charge in [-0.05, 0) is 12.2 Å². The Morgan fingerprint density at radius 1 is 1.00 bits per heavy atom. The summed E-state index contributed by atoms with van der Waals surface area (Å²) in [6.45, 7) is 0. The first-order valence-corrected chi connectivity index (χ1v) is 3.14. The summed E-state index contributed by atoms with van der Waals surface area (Å²) in [5, 5.41) is 0. The molecule has 0 amide bonds. The van der Waals surface area contributed by atoms with Crippen LogP contribution in [0.2, 0.25) is 0 Å². The molecular weight excluding hydrogens is 112 g/mol. The van der Waals surface area contributed by atoms with E-state index in [2.05, 4.69) is 24.3 Å². The quantitative estimate of drug-likeness (QED) is 0.472. The lowest BCUT2D eigenvalue weighted by Gasteiger charge is -2.12. The first-order valence-electron chi connectivity index (χ1n) is 3.14. The molecule has 9 heavy (non-hydrogen) atoms. The van der Waals surface area contributed by atoms with Crippen LogP contribution in [-0.2, 0) is 4.74 Å². The first-order chi connectivity index (χ1) is 4.47. The molecule has 0 radical (unpaired) electrons. The predicted octanol–water partition coefficient (Wildman–Crippen LogP) is 1.64. The maximum absolute atomic E-state index is 5.24. The van der Waals surface area contributed by atoms with Crippen molar-refractivity contribution in [3.8, 4) is 0 Å². The summed E-state index contributed by atoms with van der Waals surface area (Å²) in [7, 11) is 0. The highest BCUT2D eigenvalue weighted by Gasteiger charge is 2.20. The molecule has 1 heterocycles. The maximum Gasteiger partial charge on any atom is 0.126 e. The Hall–Kier alpha value is -0.980. The molecule has 1 aliphatic heterocycles. The van der Waals surface area contributed by atoms with Crippen molar-refractivity contribution in [3.63, 3.8) is 0 Å². The number of hydrogen-bond acceptors (Lipinski definition) is 1. The summed E-state index contributed by atoms with van der Waals surface area (Å²) in [5.74, 6) is 0.495. The number of ether oxygens (including phenoxy) is 1. The van der Waals surface area contributed by atoms with Crippen LogP contribution in [0.25, 0.3) is 0 Å². The molecule has 1 heteroatoms. The van der Waals surface area contributed by atoms with Crippen LogP contribution in [0.4, 0.5) is 0 Å². The average Bonchev–Trinajstić information content (AvgIpc) is 2.33. The Balaban J connectivity index is 2.25. The van der Waals surface area contributed by atoms with E-state index in [1.165, 1.54) is 0 Å². The van der Waals surface area contributed by atoms with E-state index in [1.54, 1.807) is 6.26 Å². The highest BCUT2D eigenvalue weighted by molar-refractivity contribution is 5.21. The number of allylic oxidation sites excluding steroid dienone is 2. The Bertz CT molecular complexity index is 189. The molecule has 2 atom stereocenters. The average molecular weight is 120 g/mol. The molecule has 0 aromatic rings. The van der Waals surface area contributed by atoms with Gasteiger partial charge >= 0.3 is 0 Å². The van der Waals surface area contributed by atoms with Crippen molar-refractivity contribution in [3.05, 3.63) is 36.6 Å². The van der Waals surface area contributed by atoms with Crippen molar-refractivity contribution in [1.82, 2.24) is 0 Å². The molecule has 0 spiro atoms. The standard InChI is InChI=1S/C8H8O/c1-2-4-8-7(3-1)5-6-9-8/h1-8H. The minimum Gasteiger partial charge on any atom is -0.493 e. The molecule has 1 nitrogen and oxygen atoms in total. The fraction of sp³-hybridized carbons (Fsp3) is 0.250. The van der Waals surface area contributed by atoms with Crippen LogP contribution < -0.4 is 0 Å². The molecule has 0 saturated carbocycles. The van der Waals surface area contributed by atoms with E-state index < -0.39 is 0 Å². The third-order valence-electron chi connectivity index (χ3n) is 1.66. The lowest BCUT2D eigenvalue weighted by molar-refractivity contribution is 0.192. The van der Waals surface area contributed by atoms with E-state index >= 15 is 0 Å². The summed E-state index contributed by atoms with van der Waals surface area (Å²) >= 11 is 0. The normalized spacial score (nSPS) is 36.4. The van der Waals surface area contributed by atoms with E-state index in [9.17, 15) is 0 Å². The van der Waals surface area contributed by atoms with Gasteiger partial charge in [-0.1, -0.05) is 18.2 Å². The largest absolute Gasteiger partial charge is 0.493 e. The van der Waals surface area contributed by atoms with Crippen LogP contribution in [0, 0.1) is 5.92 Å². The van der Waals surface area contributed by atoms with Gasteiger partial charge in [-0.2, -0.15) is 0 Å². The summed E-state index contributed by atoms with van der Waals surface area (Å²) in [4.78, 5) is 0. The maximum atomic E-state index is 5.24. The topological polar surface area (TPSA) is 9.23 Å². The Labute approximate surface area is 54.3 Å². The van der Waals surface area contributed by atoms with E-state index in [4.69, 9.17) is 4.74 Å². The molecule has 0 aromatic heterocycles. The zero-order chi connectivity index (χ0) is 6.10. The molecular formula is C8H8O. The number of rotatable bonds is 0. The van der Waals surface area contributed by atoms with E-state index in [-0.39, 0.29) is 6.10 Å². The van der Waals surface area contributed by atoms with Crippen molar-refractivity contribution in [2.24, 2.45) is 5.92 Å².